The van der Waals surface area contributed by atoms with Crippen molar-refractivity contribution in [3.05, 3.63) is 30.1 Å². The van der Waals surface area contributed by atoms with Gasteiger partial charge in [0.05, 0.1) is 5.69 Å². The number of hydrogen-bond donors (Lipinski definition) is 2. The molecule has 1 aromatic heterocycles. The van der Waals surface area contributed by atoms with Gasteiger partial charge in [0.25, 0.3) is 0 Å². The Labute approximate surface area is 79.4 Å². The second-order valence-corrected chi connectivity index (χ2v) is 3.07. The Morgan fingerprint density at radius 2 is 2.38 bits per heavy atom. The van der Waals surface area contributed by atoms with Gasteiger partial charge in [-0.15, -0.1) is 0 Å². The number of rotatable bonds is 5. The summed E-state index contributed by atoms with van der Waals surface area (Å²) >= 11 is 0. The minimum atomic E-state index is 0.313. The minimum absolute atomic E-state index is 0.313. The van der Waals surface area contributed by atoms with Crippen LogP contribution in [0.25, 0.3) is 0 Å². The highest BCUT2D eigenvalue weighted by Gasteiger charge is 2.03. The SMILES string of the molecule is C[C@@H](NCCCN)c1ccccn1. The molecule has 72 valence electrons. The Bertz CT molecular complexity index is 223. The van der Waals surface area contributed by atoms with Gasteiger partial charge in [-0.3, -0.25) is 4.98 Å². The number of nitrogens with zero attached hydrogens (tertiary/aromatic N) is 1. The molecule has 0 radical (unpaired) electrons. The number of pyridine rings is 1. The summed E-state index contributed by atoms with van der Waals surface area (Å²) in [5, 5.41) is 3.36. The molecule has 0 aromatic carbocycles. The zero-order chi connectivity index (χ0) is 9.52. The molecule has 0 fully saturated rings. The third-order valence-electron chi connectivity index (χ3n) is 1.96. The van der Waals surface area contributed by atoms with Crippen LogP contribution < -0.4 is 11.1 Å². The van der Waals surface area contributed by atoms with E-state index in [0.29, 0.717) is 6.04 Å². The lowest BCUT2D eigenvalue weighted by atomic mass is 10.2. The maximum absolute atomic E-state index is 5.40. The lowest BCUT2D eigenvalue weighted by Crippen LogP contribution is -2.22. The zero-order valence-corrected chi connectivity index (χ0v) is 8.03. The van der Waals surface area contributed by atoms with Crippen molar-refractivity contribution < 1.29 is 0 Å². The maximum atomic E-state index is 5.40. The third-order valence-corrected chi connectivity index (χ3v) is 1.96. The van der Waals surface area contributed by atoms with Crippen LogP contribution in [0.4, 0.5) is 0 Å². The first-order valence-corrected chi connectivity index (χ1v) is 4.69. The Balaban J connectivity index is 2.35. The minimum Gasteiger partial charge on any atom is -0.330 e. The molecule has 1 aromatic rings. The predicted molar refractivity (Wildman–Crippen MR) is 54.3 cm³/mol. The second kappa shape index (κ2) is 5.67. The molecule has 0 spiro atoms. The molecule has 0 aliphatic carbocycles. The van der Waals surface area contributed by atoms with Crippen LogP contribution in [-0.2, 0) is 0 Å². The fraction of sp³-hybridized carbons (Fsp3) is 0.500. The van der Waals surface area contributed by atoms with Crippen molar-refractivity contribution in [2.75, 3.05) is 13.1 Å². The van der Waals surface area contributed by atoms with Gasteiger partial charge in [-0.1, -0.05) is 6.07 Å². The van der Waals surface area contributed by atoms with Gasteiger partial charge in [-0.25, -0.2) is 0 Å². The lowest BCUT2D eigenvalue weighted by molar-refractivity contribution is 0.550. The number of hydrogen-bond acceptors (Lipinski definition) is 3. The summed E-state index contributed by atoms with van der Waals surface area (Å²) in [6.45, 7) is 3.80. The maximum Gasteiger partial charge on any atom is 0.0570 e. The standard InChI is InChI=1S/C10H17N3/c1-9(12-8-4-6-11)10-5-2-3-7-13-10/h2-3,5,7,9,12H,4,6,8,11H2,1H3/t9-/m1/s1. The summed E-state index contributed by atoms with van der Waals surface area (Å²) in [6.07, 6.45) is 2.83. The van der Waals surface area contributed by atoms with Crippen LogP contribution in [0.2, 0.25) is 0 Å². The molecule has 0 unspecified atom stereocenters. The van der Waals surface area contributed by atoms with E-state index in [1.165, 1.54) is 0 Å². The number of nitrogens with two attached hydrogens (primary N) is 1. The third kappa shape index (κ3) is 3.53. The first kappa shape index (κ1) is 10.2. The van der Waals surface area contributed by atoms with Crippen LogP contribution in [0.15, 0.2) is 24.4 Å². The van der Waals surface area contributed by atoms with Crippen molar-refractivity contribution in [2.24, 2.45) is 5.73 Å². The molecule has 1 heterocycles. The van der Waals surface area contributed by atoms with Crippen LogP contribution in [0.5, 0.6) is 0 Å². The van der Waals surface area contributed by atoms with E-state index in [2.05, 4.69) is 17.2 Å². The molecule has 0 aliphatic rings. The van der Waals surface area contributed by atoms with Crippen molar-refractivity contribution in [1.82, 2.24) is 10.3 Å². The summed E-state index contributed by atoms with van der Waals surface area (Å²) in [4.78, 5) is 4.26. The van der Waals surface area contributed by atoms with Crippen molar-refractivity contribution in [2.45, 2.75) is 19.4 Å². The molecule has 1 atom stereocenters. The van der Waals surface area contributed by atoms with Gasteiger partial charge in [0, 0.05) is 12.2 Å². The van der Waals surface area contributed by atoms with Crippen molar-refractivity contribution in [1.29, 1.82) is 0 Å². The first-order chi connectivity index (χ1) is 6.34. The summed E-state index contributed by atoms with van der Waals surface area (Å²) in [7, 11) is 0. The highest BCUT2D eigenvalue weighted by atomic mass is 14.9. The van der Waals surface area contributed by atoms with E-state index in [4.69, 9.17) is 5.73 Å². The van der Waals surface area contributed by atoms with Gasteiger partial charge in [-0.05, 0) is 38.6 Å². The first-order valence-electron chi connectivity index (χ1n) is 4.69. The van der Waals surface area contributed by atoms with Crippen LogP contribution in [-0.4, -0.2) is 18.1 Å². The molecule has 13 heavy (non-hydrogen) atoms. The average Bonchev–Trinajstić information content (AvgIpc) is 2.19. The van der Waals surface area contributed by atoms with Crippen molar-refractivity contribution >= 4 is 0 Å². The van der Waals surface area contributed by atoms with Gasteiger partial charge >= 0.3 is 0 Å². The van der Waals surface area contributed by atoms with Gasteiger partial charge in [0.1, 0.15) is 0 Å². The van der Waals surface area contributed by atoms with E-state index in [-0.39, 0.29) is 0 Å². The van der Waals surface area contributed by atoms with E-state index in [1.807, 2.05) is 24.4 Å². The summed E-state index contributed by atoms with van der Waals surface area (Å²) in [5.74, 6) is 0. The smallest absolute Gasteiger partial charge is 0.0570 e. The Kier molecular flexibility index (Phi) is 4.43. The van der Waals surface area contributed by atoms with E-state index in [9.17, 15) is 0 Å². The molecule has 0 saturated carbocycles. The van der Waals surface area contributed by atoms with E-state index in [1.54, 1.807) is 0 Å². The molecule has 3 nitrogen and oxygen atoms in total. The molecule has 0 bridgehead atoms. The summed E-state index contributed by atoms with van der Waals surface area (Å²) < 4.78 is 0. The summed E-state index contributed by atoms with van der Waals surface area (Å²) in [6, 6.07) is 6.27. The highest BCUT2D eigenvalue weighted by molar-refractivity contribution is 5.07. The molecule has 3 heteroatoms. The van der Waals surface area contributed by atoms with Crippen molar-refractivity contribution in [3.63, 3.8) is 0 Å². The average molecular weight is 179 g/mol. The largest absolute Gasteiger partial charge is 0.330 e. The number of nitrogens with one attached hydrogen (secondary N) is 1. The van der Waals surface area contributed by atoms with E-state index >= 15 is 0 Å². The van der Waals surface area contributed by atoms with Gasteiger partial charge in [0.15, 0.2) is 0 Å². The lowest BCUT2D eigenvalue weighted by Gasteiger charge is -2.12. The van der Waals surface area contributed by atoms with Gasteiger partial charge < -0.3 is 11.1 Å². The fourth-order valence-electron chi connectivity index (χ4n) is 1.16. The predicted octanol–water partition coefficient (Wildman–Crippen LogP) is 1.08. The molecule has 1 rings (SSSR count). The molecular formula is C10H17N3. The number of aromatic nitrogens is 1. The molecule has 0 saturated heterocycles. The van der Waals surface area contributed by atoms with Crippen LogP contribution >= 0.6 is 0 Å². The molecular weight excluding hydrogens is 162 g/mol. The van der Waals surface area contributed by atoms with Gasteiger partial charge in [-0.2, -0.15) is 0 Å². The quantitative estimate of drug-likeness (QED) is 0.665. The Morgan fingerprint density at radius 3 is 3.00 bits per heavy atom. The Hall–Kier alpha value is -0.930. The topological polar surface area (TPSA) is 50.9 Å². The van der Waals surface area contributed by atoms with Crippen LogP contribution in [0.3, 0.4) is 0 Å². The fourth-order valence-corrected chi connectivity index (χ4v) is 1.16. The molecule has 3 N–H and O–H groups in total. The van der Waals surface area contributed by atoms with Crippen LogP contribution in [0.1, 0.15) is 25.1 Å². The monoisotopic (exact) mass is 179 g/mol. The molecule has 0 amide bonds. The summed E-state index contributed by atoms with van der Waals surface area (Å²) in [5.41, 5.74) is 6.48. The second-order valence-electron chi connectivity index (χ2n) is 3.07. The van der Waals surface area contributed by atoms with E-state index < -0.39 is 0 Å². The molecule has 0 aliphatic heterocycles. The van der Waals surface area contributed by atoms with Crippen LogP contribution in [0, 0.1) is 0 Å². The zero-order valence-electron chi connectivity index (χ0n) is 8.03. The van der Waals surface area contributed by atoms with Gasteiger partial charge in [0.2, 0.25) is 0 Å². The normalized spacial score (nSPS) is 12.8. The van der Waals surface area contributed by atoms with Crippen molar-refractivity contribution in [3.8, 4) is 0 Å². The Morgan fingerprint density at radius 1 is 1.54 bits per heavy atom. The van der Waals surface area contributed by atoms with E-state index in [0.717, 1.165) is 25.2 Å². The highest BCUT2D eigenvalue weighted by Crippen LogP contribution is 2.06.